The number of halogens is 3. The first-order valence-electron chi connectivity index (χ1n) is 11.3. The molecular formula is C24H32F3N3O2. The van der Waals surface area contributed by atoms with Crippen LogP contribution in [-0.4, -0.2) is 35.4 Å². The van der Waals surface area contributed by atoms with Crippen molar-refractivity contribution in [2.45, 2.75) is 88.5 Å². The average molecular weight is 452 g/mol. The van der Waals surface area contributed by atoms with Gasteiger partial charge in [-0.15, -0.1) is 0 Å². The maximum absolute atomic E-state index is 14.1. The fourth-order valence-corrected chi connectivity index (χ4v) is 4.15. The Morgan fingerprint density at radius 3 is 2.22 bits per heavy atom. The number of alkyl halides is 3. The van der Waals surface area contributed by atoms with E-state index in [-0.39, 0.29) is 23.5 Å². The van der Waals surface area contributed by atoms with Gasteiger partial charge in [0.25, 0.3) is 0 Å². The Morgan fingerprint density at radius 2 is 1.78 bits per heavy atom. The Kier molecular flexibility index (Phi) is 7.21. The molecule has 2 fully saturated rings. The number of aliphatic hydroxyl groups is 1. The van der Waals surface area contributed by atoms with Crippen molar-refractivity contribution in [1.29, 1.82) is 5.26 Å². The van der Waals surface area contributed by atoms with Crippen molar-refractivity contribution in [2.24, 2.45) is 5.41 Å². The van der Waals surface area contributed by atoms with Gasteiger partial charge in [-0.05, 0) is 67.4 Å². The van der Waals surface area contributed by atoms with Gasteiger partial charge in [-0.2, -0.15) is 18.4 Å². The smallest absolute Gasteiger partial charge is 0.396 e. The van der Waals surface area contributed by atoms with E-state index in [9.17, 15) is 28.3 Å². The minimum atomic E-state index is -4.59. The van der Waals surface area contributed by atoms with Crippen molar-refractivity contribution in [3.8, 4) is 6.07 Å². The monoisotopic (exact) mass is 451 g/mol. The molecule has 3 rings (SSSR count). The predicted molar refractivity (Wildman–Crippen MR) is 115 cm³/mol. The molecule has 0 bridgehead atoms. The second-order valence-corrected chi connectivity index (χ2v) is 9.68. The Hall–Kier alpha value is -2.11. The molecule has 0 saturated heterocycles. The molecule has 0 heterocycles. The lowest BCUT2D eigenvalue weighted by atomic mass is 9.91. The summed E-state index contributed by atoms with van der Waals surface area (Å²) >= 11 is 0. The third-order valence-corrected chi connectivity index (χ3v) is 6.85. The van der Waals surface area contributed by atoms with Crippen LogP contribution in [0.2, 0.25) is 0 Å². The first-order valence-corrected chi connectivity index (χ1v) is 11.3. The van der Waals surface area contributed by atoms with E-state index in [1.165, 1.54) is 12.1 Å². The molecule has 176 valence electrons. The summed E-state index contributed by atoms with van der Waals surface area (Å²) in [7, 11) is 0. The molecule has 3 N–H and O–H groups in total. The molecule has 32 heavy (non-hydrogen) atoms. The lowest BCUT2D eigenvalue weighted by Gasteiger charge is -2.29. The van der Waals surface area contributed by atoms with Crippen LogP contribution in [-0.2, 0) is 4.79 Å². The zero-order valence-corrected chi connectivity index (χ0v) is 18.6. The van der Waals surface area contributed by atoms with Crippen LogP contribution in [0.15, 0.2) is 24.3 Å². The molecule has 2 unspecified atom stereocenters. The summed E-state index contributed by atoms with van der Waals surface area (Å²) in [6, 6.07) is 5.27. The van der Waals surface area contributed by atoms with Gasteiger partial charge in [0, 0.05) is 6.61 Å². The zero-order valence-electron chi connectivity index (χ0n) is 18.6. The van der Waals surface area contributed by atoms with Gasteiger partial charge in [-0.25, -0.2) is 0 Å². The van der Waals surface area contributed by atoms with E-state index in [2.05, 4.69) is 16.7 Å². The number of amides is 1. The van der Waals surface area contributed by atoms with E-state index in [1.54, 1.807) is 12.1 Å². The fraction of sp³-hybridized carbons (Fsp3) is 0.667. The number of carbonyl (C=O) groups is 1. The molecule has 1 aromatic rings. The molecule has 1 amide bonds. The molecular weight excluding hydrogens is 419 g/mol. The van der Waals surface area contributed by atoms with E-state index < -0.39 is 29.7 Å². The third kappa shape index (κ3) is 6.02. The van der Waals surface area contributed by atoms with Crippen LogP contribution in [0.1, 0.15) is 81.9 Å². The highest BCUT2D eigenvalue weighted by atomic mass is 19.4. The third-order valence-electron chi connectivity index (χ3n) is 6.85. The van der Waals surface area contributed by atoms with E-state index in [0.717, 1.165) is 24.8 Å². The van der Waals surface area contributed by atoms with Gasteiger partial charge in [0.15, 0.2) is 0 Å². The standard InChI is InChI=1S/C24H32F3N3O2/c1-3-16(8-13-31)17-4-6-18(7-5-17)20(24(25,26)27)29-19(14-22(2)9-10-22)21(32)30-23(15-28)11-12-23/h4-7,16,19-20,29,31H,3,8-14H2,1-2H3,(H,30,32)/t16?,19-,20?/m0/s1. The van der Waals surface area contributed by atoms with Crippen molar-refractivity contribution in [1.82, 2.24) is 10.6 Å². The van der Waals surface area contributed by atoms with Crippen molar-refractivity contribution < 1.29 is 23.1 Å². The lowest BCUT2D eigenvalue weighted by molar-refractivity contribution is -0.161. The van der Waals surface area contributed by atoms with Crippen molar-refractivity contribution >= 4 is 5.91 Å². The molecule has 2 saturated carbocycles. The maximum Gasteiger partial charge on any atom is 0.407 e. The van der Waals surface area contributed by atoms with Crippen LogP contribution in [0.4, 0.5) is 13.2 Å². The quantitative estimate of drug-likeness (QED) is 0.463. The number of rotatable bonds is 11. The molecule has 0 spiro atoms. The van der Waals surface area contributed by atoms with Crippen molar-refractivity contribution in [3.63, 3.8) is 0 Å². The van der Waals surface area contributed by atoms with Gasteiger partial charge in [0.05, 0.1) is 12.1 Å². The number of nitriles is 1. The van der Waals surface area contributed by atoms with Crippen LogP contribution >= 0.6 is 0 Å². The normalized spacial score (nSPS) is 21.2. The Morgan fingerprint density at radius 1 is 1.19 bits per heavy atom. The number of hydrogen-bond donors (Lipinski definition) is 3. The first-order chi connectivity index (χ1) is 15.0. The number of carbonyl (C=O) groups excluding carboxylic acids is 1. The van der Waals surface area contributed by atoms with E-state index >= 15 is 0 Å². The molecule has 0 aliphatic heterocycles. The van der Waals surface area contributed by atoms with E-state index in [1.807, 2.05) is 13.8 Å². The Balaban J connectivity index is 1.81. The molecule has 2 aliphatic rings. The number of aliphatic hydroxyl groups excluding tert-OH is 1. The number of nitrogens with zero attached hydrogens (tertiary/aromatic N) is 1. The summed E-state index contributed by atoms with van der Waals surface area (Å²) in [6.45, 7) is 3.96. The molecule has 0 aromatic heterocycles. The van der Waals surface area contributed by atoms with Gasteiger partial charge >= 0.3 is 6.18 Å². The van der Waals surface area contributed by atoms with Gasteiger partial charge in [0.1, 0.15) is 11.6 Å². The number of hydrogen-bond acceptors (Lipinski definition) is 4. The molecule has 3 atom stereocenters. The molecule has 1 aromatic carbocycles. The summed E-state index contributed by atoms with van der Waals surface area (Å²) in [5, 5.41) is 23.7. The fourth-order valence-electron chi connectivity index (χ4n) is 4.15. The second-order valence-electron chi connectivity index (χ2n) is 9.68. The van der Waals surface area contributed by atoms with Gasteiger partial charge < -0.3 is 10.4 Å². The van der Waals surface area contributed by atoms with Gasteiger partial charge in [0.2, 0.25) is 5.91 Å². The van der Waals surface area contributed by atoms with Crippen LogP contribution in [0.25, 0.3) is 0 Å². The Bertz CT molecular complexity index is 840. The topological polar surface area (TPSA) is 85.2 Å². The lowest BCUT2D eigenvalue weighted by Crippen LogP contribution is -2.52. The highest BCUT2D eigenvalue weighted by Crippen LogP contribution is 2.49. The largest absolute Gasteiger partial charge is 0.407 e. The summed E-state index contributed by atoms with van der Waals surface area (Å²) < 4.78 is 42.2. The molecule has 0 radical (unpaired) electrons. The summed E-state index contributed by atoms with van der Waals surface area (Å²) in [4.78, 5) is 12.9. The molecule has 2 aliphatic carbocycles. The zero-order chi connectivity index (χ0) is 23.6. The minimum Gasteiger partial charge on any atom is -0.396 e. The van der Waals surface area contributed by atoms with Crippen molar-refractivity contribution in [2.75, 3.05) is 6.61 Å². The number of nitrogens with one attached hydrogen (secondary N) is 2. The summed E-state index contributed by atoms with van der Waals surface area (Å²) in [5.41, 5.74) is -0.161. The minimum absolute atomic E-state index is 0.0206. The predicted octanol–water partition coefficient (Wildman–Crippen LogP) is 4.49. The van der Waals surface area contributed by atoms with E-state index in [4.69, 9.17) is 0 Å². The highest BCUT2D eigenvalue weighted by molar-refractivity contribution is 5.83. The van der Waals surface area contributed by atoms with Crippen LogP contribution < -0.4 is 10.6 Å². The highest BCUT2D eigenvalue weighted by Gasteiger charge is 2.49. The van der Waals surface area contributed by atoms with E-state index in [0.29, 0.717) is 25.7 Å². The first kappa shape index (κ1) is 24.5. The van der Waals surface area contributed by atoms with Gasteiger partial charge in [-0.1, -0.05) is 38.1 Å². The number of benzene rings is 1. The van der Waals surface area contributed by atoms with Crippen LogP contribution in [0.3, 0.4) is 0 Å². The summed E-state index contributed by atoms with van der Waals surface area (Å²) in [6.07, 6.45) is -0.176. The maximum atomic E-state index is 14.1. The Labute approximate surface area is 187 Å². The average Bonchev–Trinajstić information content (AvgIpc) is 3.67. The SMILES string of the molecule is CCC(CCO)c1ccc(C(N[C@@H](CC2(C)CC2)C(=O)NC2(C#N)CC2)C(F)(F)F)cc1. The van der Waals surface area contributed by atoms with Crippen molar-refractivity contribution in [3.05, 3.63) is 35.4 Å². The molecule has 5 nitrogen and oxygen atoms in total. The molecule has 8 heteroatoms. The van der Waals surface area contributed by atoms with Crippen LogP contribution in [0, 0.1) is 16.7 Å². The van der Waals surface area contributed by atoms with Gasteiger partial charge in [-0.3, -0.25) is 10.1 Å². The summed E-state index contributed by atoms with van der Waals surface area (Å²) in [5.74, 6) is -0.461. The van der Waals surface area contributed by atoms with Crippen LogP contribution in [0.5, 0.6) is 0 Å². The second kappa shape index (κ2) is 9.40.